The highest BCUT2D eigenvalue weighted by molar-refractivity contribution is 5.87. The Labute approximate surface area is 162 Å². The molecular formula is C19H18F6N2O2. The van der Waals surface area contributed by atoms with E-state index in [1.807, 2.05) is 0 Å². The van der Waals surface area contributed by atoms with Gasteiger partial charge in [0.05, 0.1) is 24.3 Å². The van der Waals surface area contributed by atoms with Crippen molar-refractivity contribution in [1.29, 1.82) is 0 Å². The summed E-state index contributed by atoms with van der Waals surface area (Å²) in [6.45, 7) is -1.07. The zero-order chi connectivity index (χ0) is 21.9. The number of alkyl halides is 6. The Balaban J connectivity index is 2.27. The van der Waals surface area contributed by atoms with E-state index in [-0.39, 0.29) is 11.6 Å². The highest BCUT2D eigenvalue weighted by atomic mass is 19.4. The van der Waals surface area contributed by atoms with Crippen LogP contribution in [0.3, 0.4) is 0 Å². The number of ether oxygens (including phenoxy) is 1. The number of hydrogen-bond donors (Lipinski definition) is 2. The van der Waals surface area contributed by atoms with Gasteiger partial charge < -0.3 is 15.8 Å². The van der Waals surface area contributed by atoms with Crippen LogP contribution in [0, 0.1) is 0 Å². The fraction of sp³-hybridized carbons (Fsp3) is 0.316. The molecule has 0 aliphatic carbocycles. The maximum Gasteiger partial charge on any atom is 0.416 e. The number of nitrogens with two attached hydrogens (primary N) is 1. The van der Waals surface area contributed by atoms with Crippen LogP contribution in [-0.4, -0.2) is 19.6 Å². The van der Waals surface area contributed by atoms with Crippen molar-refractivity contribution >= 4 is 5.91 Å². The van der Waals surface area contributed by atoms with Crippen LogP contribution in [0.5, 0.6) is 0 Å². The quantitative estimate of drug-likeness (QED) is 0.698. The molecule has 0 fully saturated rings. The number of carbonyl (C=O) groups is 1. The number of likely N-dealkylation sites (N-methyl/N-ethyl adjacent to an activating group) is 1. The zero-order valence-electron chi connectivity index (χ0n) is 15.2. The highest BCUT2D eigenvalue weighted by Crippen LogP contribution is 2.36. The Hall–Kier alpha value is -2.59. The summed E-state index contributed by atoms with van der Waals surface area (Å²) >= 11 is 0. The first-order valence-corrected chi connectivity index (χ1v) is 8.30. The Kier molecular flexibility index (Phi) is 6.59. The molecule has 1 atom stereocenters. The summed E-state index contributed by atoms with van der Waals surface area (Å²) in [5.41, 5.74) is 1.60. The van der Waals surface area contributed by atoms with Crippen LogP contribution >= 0.6 is 0 Å². The molecule has 0 heterocycles. The number of benzene rings is 2. The Morgan fingerprint density at radius 2 is 1.45 bits per heavy atom. The molecule has 1 amide bonds. The second-order valence-corrected chi connectivity index (χ2v) is 6.32. The molecule has 2 aromatic carbocycles. The zero-order valence-corrected chi connectivity index (χ0v) is 15.2. The standard InChI is InChI=1S/C19H18F6N2O2/c1-27-16(28)17(26,13-5-3-2-4-6-13)11-29-10-12-7-14(18(20,21)22)9-15(8-12)19(23,24)25/h2-9H,10-11,26H2,1H3,(H,27,28)/t17-/m1/s1. The average molecular weight is 420 g/mol. The lowest BCUT2D eigenvalue weighted by Gasteiger charge is -2.28. The minimum atomic E-state index is -4.96. The van der Waals surface area contributed by atoms with E-state index in [1.165, 1.54) is 7.05 Å². The third-order valence-electron chi connectivity index (χ3n) is 4.17. The van der Waals surface area contributed by atoms with E-state index >= 15 is 0 Å². The first-order chi connectivity index (χ1) is 13.4. The lowest BCUT2D eigenvalue weighted by Crippen LogP contribution is -2.53. The number of halogens is 6. The molecule has 0 unspecified atom stereocenters. The van der Waals surface area contributed by atoms with Gasteiger partial charge in [0.15, 0.2) is 0 Å². The van der Waals surface area contributed by atoms with Gasteiger partial charge in [-0.2, -0.15) is 26.3 Å². The number of amides is 1. The van der Waals surface area contributed by atoms with E-state index in [9.17, 15) is 31.1 Å². The molecule has 158 valence electrons. The van der Waals surface area contributed by atoms with Crippen LogP contribution in [0.25, 0.3) is 0 Å². The van der Waals surface area contributed by atoms with Gasteiger partial charge >= 0.3 is 12.4 Å². The summed E-state index contributed by atoms with van der Waals surface area (Å²) in [6.07, 6.45) is -9.92. The topological polar surface area (TPSA) is 64.4 Å². The SMILES string of the molecule is CNC(=O)[C@@](N)(COCc1cc(C(F)(F)F)cc(C(F)(F)F)c1)c1ccccc1. The molecule has 0 aromatic heterocycles. The van der Waals surface area contributed by atoms with Gasteiger partial charge in [0.25, 0.3) is 0 Å². The van der Waals surface area contributed by atoms with Crippen LogP contribution in [0.1, 0.15) is 22.3 Å². The number of rotatable bonds is 6. The molecule has 0 aliphatic rings. The fourth-order valence-electron chi connectivity index (χ4n) is 2.67. The summed E-state index contributed by atoms with van der Waals surface area (Å²) in [7, 11) is 1.34. The molecule has 0 bridgehead atoms. The second-order valence-electron chi connectivity index (χ2n) is 6.32. The molecule has 3 N–H and O–H groups in total. The molecule has 29 heavy (non-hydrogen) atoms. The van der Waals surface area contributed by atoms with Gasteiger partial charge in [-0.3, -0.25) is 4.79 Å². The molecule has 4 nitrogen and oxygen atoms in total. The third-order valence-corrected chi connectivity index (χ3v) is 4.17. The lowest BCUT2D eigenvalue weighted by atomic mass is 9.91. The van der Waals surface area contributed by atoms with Crippen molar-refractivity contribution < 1.29 is 35.9 Å². The predicted octanol–water partition coefficient (Wildman–Crippen LogP) is 3.84. The van der Waals surface area contributed by atoms with Crippen LogP contribution in [0.4, 0.5) is 26.3 Å². The molecule has 0 saturated carbocycles. The minimum Gasteiger partial charge on any atom is -0.374 e. The van der Waals surface area contributed by atoms with Crippen molar-refractivity contribution in [3.05, 3.63) is 70.8 Å². The van der Waals surface area contributed by atoms with E-state index in [0.29, 0.717) is 17.7 Å². The van der Waals surface area contributed by atoms with Crippen molar-refractivity contribution in [3.8, 4) is 0 Å². The van der Waals surface area contributed by atoms with E-state index in [2.05, 4.69) is 5.32 Å². The van der Waals surface area contributed by atoms with Crippen molar-refractivity contribution in [2.75, 3.05) is 13.7 Å². The predicted molar refractivity (Wildman–Crippen MR) is 92.5 cm³/mol. The number of nitrogens with one attached hydrogen (secondary N) is 1. The fourth-order valence-corrected chi connectivity index (χ4v) is 2.67. The Morgan fingerprint density at radius 3 is 1.90 bits per heavy atom. The maximum atomic E-state index is 12.9. The highest BCUT2D eigenvalue weighted by Gasteiger charge is 2.38. The van der Waals surface area contributed by atoms with Gasteiger partial charge in [0, 0.05) is 7.05 Å². The number of hydrogen-bond acceptors (Lipinski definition) is 3. The normalized spacial score (nSPS) is 14.3. The van der Waals surface area contributed by atoms with Crippen molar-refractivity contribution in [2.45, 2.75) is 24.5 Å². The molecule has 0 saturated heterocycles. The van der Waals surface area contributed by atoms with Crippen LogP contribution in [-0.2, 0) is 34.0 Å². The van der Waals surface area contributed by atoms with Crippen molar-refractivity contribution in [2.24, 2.45) is 5.73 Å². The van der Waals surface area contributed by atoms with Crippen molar-refractivity contribution in [3.63, 3.8) is 0 Å². The Bertz CT molecular complexity index is 820. The summed E-state index contributed by atoms with van der Waals surface area (Å²) in [5, 5.41) is 2.37. The second kappa shape index (κ2) is 8.42. The molecule has 2 rings (SSSR count). The summed E-state index contributed by atoms with van der Waals surface area (Å²) in [4.78, 5) is 12.2. The largest absolute Gasteiger partial charge is 0.416 e. The van der Waals surface area contributed by atoms with Gasteiger partial charge in [0.1, 0.15) is 5.54 Å². The van der Waals surface area contributed by atoms with Gasteiger partial charge in [0.2, 0.25) is 5.91 Å². The van der Waals surface area contributed by atoms with Crippen LogP contribution < -0.4 is 11.1 Å². The van der Waals surface area contributed by atoms with E-state index in [1.54, 1.807) is 30.3 Å². The number of carbonyl (C=O) groups excluding carboxylic acids is 1. The van der Waals surface area contributed by atoms with Crippen molar-refractivity contribution in [1.82, 2.24) is 5.32 Å². The molecule has 0 aliphatic heterocycles. The van der Waals surface area contributed by atoms with Crippen LogP contribution in [0.2, 0.25) is 0 Å². The van der Waals surface area contributed by atoms with Gasteiger partial charge in [-0.25, -0.2) is 0 Å². The smallest absolute Gasteiger partial charge is 0.374 e. The van der Waals surface area contributed by atoms with Gasteiger partial charge in [-0.1, -0.05) is 30.3 Å². The monoisotopic (exact) mass is 420 g/mol. The van der Waals surface area contributed by atoms with E-state index in [0.717, 1.165) is 0 Å². The Morgan fingerprint density at radius 1 is 0.931 bits per heavy atom. The summed E-state index contributed by atoms with van der Waals surface area (Å²) in [5.74, 6) is -0.622. The van der Waals surface area contributed by atoms with E-state index < -0.39 is 48.1 Å². The van der Waals surface area contributed by atoms with Gasteiger partial charge in [-0.15, -0.1) is 0 Å². The first-order valence-electron chi connectivity index (χ1n) is 8.30. The van der Waals surface area contributed by atoms with E-state index in [4.69, 9.17) is 10.5 Å². The average Bonchev–Trinajstić information content (AvgIpc) is 2.66. The van der Waals surface area contributed by atoms with Gasteiger partial charge in [-0.05, 0) is 29.3 Å². The van der Waals surface area contributed by atoms with Crippen LogP contribution in [0.15, 0.2) is 48.5 Å². The minimum absolute atomic E-state index is 0.0330. The molecule has 2 aromatic rings. The molecule has 10 heteroatoms. The molecule has 0 spiro atoms. The lowest BCUT2D eigenvalue weighted by molar-refractivity contribution is -0.143. The molecule has 0 radical (unpaired) electrons. The maximum absolute atomic E-state index is 12.9. The summed E-state index contributed by atoms with van der Waals surface area (Å²) < 4.78 is 82.9. The third kappa shape index (κ3) is 5.48. The summed E-state index contributed by atoms with van der Waals surface area (Å²) in [6, 6.07) is 9.23. The molecular weight excluding hydrogens is 402 g/mol. The first kappa shape index (κ1) is 22.7.